The zero-order chi connectivity index (χ0) is 17.3. The fourth-order valence-corrected chi connectivity index (χ4v) is 3.02. The summed E-state index contributed by atoms with van der Waals surface area (Å²) in [5.74, 6) is 0.991. The lowest BCUT2D eigenvalue weighted by molar-refractivity contribution is -0.123. The lowest BCUT2D eigenvalue weighted by Gasteiger charge is -2.22. The minimum absolute atomic E-state index is 0. The molecule has 4 nitrogen and oxygen atoms in total. The van der Waals surface area contributed by atoms with Gasteiger partial charge in [-0.3, -0.25) is 4.79 Å². The highest BCUT2D eigenvalue weighted by atomic mass is 35.5. The quantitative estimate of drug-likeness (QED) is 0.780. The van der Waals surface area contributed by atoms with Crippen LogP contribution in [0.1, 0.15) is 30.4 Å². The van der Waals surface area contributed by atoms with Crippen molar-refractivity contribution in [1.29, 1.82) is 0 Å². The molecule has 1 amide bonds. The SMILES string of the molecule is Cl.O=C(NCCc1ccc(OCc2ccccc2)cc1)C1CCCCN1. The average Bonchev–Trinajstić information content (AvgIpc) is 2.69. The molecule has 1 saturated heterocycles. The Morgan fingerprint density at radius 1 is 1.04 bits per heavy atom. The molecule has 1 aliphatic heterocycles. The highest BCUT2D eigenvalue weighted by Crippen LogP contribution is 2.14. The summed E-state index contributed by atoms with van der Waals surface area (Å²) in [4.78, 5) is 12.1. The number of benzene rings is 2. The van der Waals surface area contributed by atoms with E-state index < -0.39 is 0 Å². The van der Waals surface area contributed by atoms with Gasteiger partial charge in [0, 0.05) is 6.54 Å². The van der Waals surface area contributed by atoms with Gasteiger partial charge in [-0.15, -0.1) is 12.4 Å². The highest BCUT2D eigenvalue weighted by Gasteiger charge is 2.19. The summed E-state index contributed by atoms with van der Waals surface area (Å²) in [6, 6.07) is 18.2. The maximum atomic E-state index is 12.1. The number of rotatable bonds is 7. The molecule has 3 rings (SSSR count). The lowest BCUT2D eigenvalue weighted by atomic mass is 10.0. The van der Waals surface area contributed by atoms with Crippen LogP contribution in [0, 0.1) is 0 Å². The zero-order valence-electron chi connectivity index (χ0n) is 14.9. The van der Waals surface area contributed by atoms with E-state index in [-0.39, 0.29) is 24.4 Å². The Morgan fingerprint density at radius 3 is 2.50 bits per heavy atom. The molecular weight excluding hydrogens is 348 g/mol. The molecule has 140 valence electrons. The van der Waals surface area contributed by atoms with E-state index in [0.29, 0.717) is 13.2 Å². The molecule has 5 heteroatoms. The molecule has 0 saturated carbocycles. The van der Waals surface area contributed by atoms with Gasteiger partial charge in [0.1, 0.15) is 12.4 Å². The minimum Gasteiger partial charge on any atom is -0.489 e. The van der Waals surface area contributed by atoms with Crippen LogP contribution in [0.25, 0.3) is 0 Å². The first-order chi connectivity index (χ1) is 12.3. The first-order valence-electron chi connectivity index (χ1n) is 9.08. The molecular formula is C21H27ClN2O2. The number of halogens is 1. The van der Waals surface area contributed by atoms with Crippen LogP contribution in [0.2, 0.25) is 0 Å². The molecule has 2 N–H and O–H groups in total. The number of hydrogen-bond donors (Lipinski definition) is 2. The summed E-state index contributed by atoms with van der Waals surface area (Å²) in [7, 11) is 0. The van der Waals surface area contributed by atoms with Crippen LogP contribution in [-0.2, 0) is 17.8 Å². The molecule has 2 aromatic rings. The van der Waals surface area contributed by atoms with Gasteiger partial charge in [0.05, 0.1) is 6.04 Å². The summed E-state index contributed by atoms with van der Waals surface area (Å²) >= 11 is 0. The van der Waals surface area contributed by atoms with E-state index in [4.69, 9.17) is 4.74 Å². The van der Waals surface area contributed by atoms with Crippen molar-refractivity contribution in [3.63, 3.8) is 0 Å². The number of amides is 1. The van der Waals surface area contributed by atoms with Crippen LogP contribution in [-0.4, -0.2) is 25.0 Å². The van der Waals surface area contributed by atoms with Crippen molar-refractivity contribution in [1.82, 2.24) is 10.6 Å². The van der Waals surface area contributed by atoms with Crippen molar-refractivity contribution >= 4 is 18.3 Å². The van der Waals surface area contributed by atoms with Crippen LogP contribution in [0.3, 0.4) is 0 Å². The molecule has 0 aromatic heterocycles. The van der Waals surface area contributed by atoms with Crippen molar-refractivity contribution in [2.24, 2.45) is 0 Å². The Hall–Kier alpha value is -2.04. The summed E-state index contributed by atoms with van der Waals surface area (Å²) < 4.78 is 5.79. The van der Waals surface area contributed by atoms with Gasteiger partial charge in [-0.1, -0.05) is 48.9 Å². The highest BCUT2D eigenvalue weighted by molar-refractivity contribution is 5.85. The average molecular weight is 375 g/mol. The van der Waals surface area contributed by atoms with Crippen molar-refractivity contribution in [2.75, 3.05) is 13.1 Å². The molecule has 1 fully saturated rings. The van der Waals surface area contributed by atoms with E-state index in [1.165, 1.54) is 12.0 Å². The van der Waals surface area contributed by atoms with Gasteiger partial charge in [0.15, 0.2) is 0 Å². The summed E-state index contributed by atoms with van der Waals surface area (Å²) in [6.07, 6.45) is 4.08. The van der Waals surface area contributed by atoms with Crippen LogP contribution in [0.15, 0.2) is 54.6 Å². The maximum absolute atomic E-state index is 12.1. The molecule has 0 bridgehead atoms. The predicted octanol–water partition coefficient (Wildman–Crippen LogP) is 3.49. The number of nitrogens with one attached hydrogen (secondary N) is 2. The van der Waals surface area contributed by atoms with E-state index in [0.717, 1.165) is 37.1 Å². The van der Waals surface area contributed by atoms with Crippen molar-refractivity contribution in [3.8, 4) is 5.75 Å². The second-order valence-electron chi connectivity index (χ2n) is 6.46. The fourth-order valence-electron chi connectivity index (χ4n) is 3.02. The third-order valence-electron chi connectivity index (χ3n) is 4.51. The number of piperidine rings is 1. The van der Waals surface area contributed by atoms with Gasteiger partial charge < -0.3 is 15.4 Å². The largest absolute Gasteiger partial charge is 0.489 e. The third-order valence-corrected chi connectivity index (χ3v) is 4.51. The zero-order valence-corrected chi connectivity index (χ0v) is 15.8. The predicted molar refractivity (Wildman–Crippen MR) is 107 cm³/mol. The van der Waals surface area contributed by atoms with Crippen molar-refractivity contribution < 1.29 is 9.53 Å². The van der Waals surface area contributed by atoms with Gasteiger partial charge >= 0.3 is 0 Å². The Morgan fingerprint density at radius 2 is 1.81 bits per heavy atom. The standard InChI is InChI=1S/C21H26N2O2.ClH/c24-21(20-8-4-5-14-22-20)23-15-13-17-9-11-19(12-10-17)25-16-18-6-2-1-3-7-18;/h1-3,6-7,9-12,20,22H,4-5,8,13-16H2,(H,23,24);1H. The van der Waals surface area contributed by atoms with Gasteiger partial charge in [-0.05, 0) is 49.1 Å². The molecule has 0 radical (unpaired) electrons. The molecule has 1 unspecified atom stereocenters. The second-order valence-corrected chi connectivity index (χ2v) is 6.46. The molecule has 0 spiro atoms. The van der Waals surface area contributed by atoms with E-state index >= 15 is 0 Å². The fraction of sp³-hybridized carbons (Fsp3) is 0.381. The minimum atomic E-state index is -0.0116. The Kier molecular flexibility index (Phi) is 8.45. The molecule has 0 aliphatic carbocycles. The number of carbonyl (C=O) groups excluding carboxylic acids is 1. The number of ether oxygens (including phenoxy) is 1. The van der Waals surface area contributed by atoms with E-state index in [9.17, 15) is 4.79 Å². The van der Waals surface area contributed by atoms with Crippen LogP contribution in [0.5, 0.6) is 5.75 Å². The Bertz CT molecular complexity index is 655. The van der Waals surface area contributed by atoms with E-state index in [1.807, 2.05) is 30.3 Å². The van der Waals surface area contributed by atoms with Crippen LogP contribution < -0.4 is 15.4 Å². The van der Waals surface area contributed by atoms with Gasteiger partial charge in [0.25, 0.3) is 0 Å². The van der Waals surface area contributed by atoms with Gasteiger partial charge in [0.2, 0.25) is 5.91 Å². The van der Waals surface area contributed by atoms with Crippen molar-refractivity contribution in [2.45, 2.75) is 38.3 Å². The topological polar surface area (TPSA) is 50.4 Å². The summed E-state index contributed by atoms with van der Waals surface area (Å²) in [5.41, 5.74) is 2.36. The normalized spacial score (nSPS) is 16.4. The van der Waals surface area contributed by atoms with E-state index in [1.54, 1.807) is 0 Å². The third kappa shape index (κ3) is 6.36. The maximum Gasteiger partial charge on any atom is 0.237 e. The van der Waals surface area contributed by atoms with Crippen LogP contribution in [0.4, 0.5) is 0 Å². The molecule has 1 heterocycles. The smallest absolute Gasteiger partial charge is 0.237 e. The molecule has 1 atom stereocenters. The number of hydrogen-bond acceptors (Lipinski definition) is 3. The Balaban J connectivity index is 0.00000243. The monoisotopic (exact) mass is 374 g/mol. The first-order valence-corrected chi connectivity index (χ1v) is 9.08. The lowest BCUT2D eigenvalue weighted by Crippen LogP contribution is -2.47. The summed E-state index contributed by atoms with van der Waals surface area (Å²) in [6.45, 7) is 2.19. The first kappa shape index (κ1) is 20.3. The second kappa shape index (κ2) is 10.8. The van der Waals surface area contributed by atoms with Crippen molar-refractivity contribution in [3.05, 3.63) is 65.7 Å². The molecule has 1 aliphatic rings. The van der Waals surface area contributed by atoms with Gasteiger partial charge in [-0.25, -0.2) is 0 Å². The van der Waals surface area contributed by atoms with E-state index in [2.05, 4.69) is 34.9 Å². The Labute approximate surface area is 161 Å². The summed E-state index contributed by atoms with van der Waals surface area (Å²) in [5, 5.41) is 6.30. The van der Waals surface area contributed by atoms with Crippen LogP contribution >= 0.6 is 12.4 Å². The van der Waals surface area contributed by atoms with Gasteiger partial charge in [-0.2, -0.15) is 0 Å². The number of carbonyl (C=O) groups is 1. The molecule has 26 heavy (non-hydrogen) atoms. The molecule has 2 aromatic carbocycles.